The summed E-state index contributed by atoms with van der Waals surface area (Å²) in [6, 6.07) is 0. The predicted octanol–water partition coefficient (Wildman–Crippen LogP) is 2.66. The average Bonchev–Trinajstić information content (AvgIpc) is 2.98. The van der Waals surface area contributed by atoms with Gasteiger partial charge in [0.1, 0.15) is 12.4 Å². The van der Waals surface area contributed by atoms with Crippen LogP contribution in [0.25, 0.3) is 0 Å². The Morgan fingerprint density at radius 3 is 3.26 bits per heavy atom. The van der Waals surface area contributed by atoms with Crippen LogP contribution < -0.4 is 0 Å². The Labute approximate surface area is 126 Å². The molecule has 0 aromatic heterocycles. The third-order valence-corrected chi connectivity index (χ3v) is 2.96. The van der Waals surface area contributed by atoms with E-state index < -0.39 is 19.7 Å². The predicted molar refractivity (Wildman–Crippen MR) is 80.0 cm³/mol. The van der Waals surface area contributed by atoms with E-state index in [1.165, 1.54) is 11.8 Å². The maximum absolute atomic E-state index is 7.76. The fraction of sp³-hybridized carbons (Fsp3) is 0.733. The topological polar surface area (TPSA) is 37.2 Å². The summed E-state index contributed by atoms with van der Waals surface area (Å²) in [6.45, 7) is 0.232. The smallest absolute Gasteiger partial charge is 0.237 e. The number of rotatable bonds is 6. The molecule has 4 heteroatoms. The summed E-state index contributed by atoms with van der Waals surface area (Å²) in [6.07, 6.45) is -0.910. The fourth-order valence-corrected chi connectivity index (χ4v) is 2.04. The zero-order valence-corrected chi connectivity index (χ0v) is 11.3. The molecule has 0 spiro atoms. The molecule has 0 aliphatic carbocycles. The minimum absolute atomic E-state index is 0.0335. The normalized spacial score (nSPS) is 27.6. The van der Waals surface area contributed by atoms with Crippen LogP contribution >= 0.6 is 0 Å². The Morgan fingerprint density at radius 2 is 2.42 bits per heavy atom. The molecule has 0 radical (unpaired) electrons. The van der Waals surface area contributed by atoms with Crippen LogP contribution in [-0.4, -0.2) is 49.9 Å². The molecule has 0 aromatic carbocycles. The number of likely N-dealkylation sites (N-methyl/N-ethyl adjacent to an activating group) is 1. The zero-order chi connectivity index (χ0) is 19.6. The van der Waals surface area contributed by atoms with E-state index in [9.17, 15) is 0 Å². The van der Waals surface area contributed by atoms with Crippen LogP contribution in [0.15, 0.2) is 21.6 Å². The molecule has 2 rings (SSSR count). The van der Waals surface area contributed by atoms with Crippen molar-refractivity contribution in [2.24, 2.45) is 9.98 Å². The second kappa shape index (κ2) is 7.43. The molecule has 0 fully saturated rings. The second-order valence-corrected chi connectivity index (χ2v) is 4.43. The van der Waals surface area contributed by atoms with Crippen LogP contribution in [0.3, 0.4) is 0 Å². The molecule has 0 saturated heterocycles. The third-order valence-electron chi connectivity index (χ3n) is 2.96. The van der Waals surface area contributed by atoms with Crippen LogP contribution in [0.5, 0.6) is 0 Å². The summed E-state index contributed by atoms with van der Waals surface area (Å²) in [5.41, 5.74) is 1.34. The highest BCUT2D eigenvalue weighted by Crippen LogP contribution is 2.14. The van der Waals surface area contributed by atoms with Crippen LogP contribution in [0, 0.1) is 0 Å². The third kappa shape index (κ3) is 4.16. The van der Waals surface area contributed by atoms with Gasteiger partial charge in [-0.25, -0.2) is 4.99 Å². The van der Waals surface area contributed by atoms with E-state index in [-0.39, 0.29) is 26.2 Å². The lowest BCUT2D eigenvalue weighted by molar-refractivity contribution is 0.298. The Balaban J connectivity index is 1.88. The van der Waals surface area contributed by atoms with Crippen molar-refractivity contribution in [2.45, 2.75) is 38.9 Å². The van der Waals surface area contributed by atoms with Crippen molar-refractivity contribution in [2.75, 3.05) is 33.3 Å². The Morgan fingerprint density at radius 1 is 1.47 bits per heavy atom. The Kier molecular flexibility index (Phi) is 2.96. The molecule has 2 aliphatic heterocycles. The van der Waals surface area contributed by atoms with Crippen molar-refractivity contribution in [3.05, 3.63) is 11.6 Å². The van der Waals surface area contributed by atoms with E-state index in [1.807, 2.05) is 6.08 Å². The van der Waals surface area contributed by atoms with Gasteiger partial charge in [0.25, 0.3) is 0 Å². The number of nitrogens with zero attached hydrogens (tertiary/aromatic N) is 3. The van der Waals surface area contributed by atoms with Crippen molar-refractivity contribution in [1.82, 2.24) is 4.90 Å². The quantitative estimate of drug-likeness (QED) is 0.696. The summed E-state index contributed by atoms with van der Waals surface area (Å²) in [5, 5.41) is 0. The van der Waals surface area contributed by atoms with Gasteiger partial charge in [-0.3, -0.25) is 4.99 Å². The van der Waals surface area contributed by atoms with Gasteiger partial charge in [-0.1, -0.05) is 32.2 Å². The Bertz CT molecular complexity index is 605. The molecule has 2 heterocycles. The highest BCUT2D eigenvalue weighted by Gasteiger charge is 2.22. The maximum Gasteiger partial charge on any atom is 0.237 e. The highest BCUT2D eigenvalue weighted by atomic mass is 16.5. The highest BCUT2D eigenvalue weighted by molar-refractivity contribution is 6.46. The largest absolute Gasteiger partial charge is 0.476 e. The SMILES string of the molecule is [2H]C([2H])([2H])N1CCC=C(C2=NCN=C2OCCCC([2H])([2H])C([2H])([2H])C)C1. The first-order valence-electron chi connectivity index (χ1n) is 10.1. The minimum atomic E-state index is -2.15. The molecule has 0 N–H and O–H groups in total. The van der Waals surface area contributed by atoms with Gasteiger partial charge in [-0.05, 0) is 25.4 Å². The van der Waals surface area contributed by atoms with Crippen molar-refractivity contribution in [3.8, 4) is 0 Å². The first-order valence-corrected chi connectivity index (χ1v) is 6.58. The van der Waals surface area contributed by atoms with E-state index in [0.29, 0.717) is 31.0 Å². The van der Waals surface area contributed by atoms with Crippen molar-refractivity contribution < 1.29 is 14.3 Å². The van der Waals surface area contributed by atoms with Crippen LogP contribution in [0.1, 0.15) is 48.5 Å². The van der Waals surface area contributed by atoms with Crippen LogP contribution in [0.4, 0.5) is 0 Å². The molecule has 0 amide bonds. The molecular formula is C15H25N3O. The zero-order valence-electron chi connectivity index (χ0n) is 18.3. The monoisotopic (exact) mass is 270 g/mol. The number of hydrogen-bond acceptors (Lipinski definition) is 4. The second-order valence-electron chi connectivity index (χ2n) is 4.43. The number of aliphatic imine (C=N–C) groups is 2. The van der Waals surface area contributed by atoms with Gasteiger partial charge in [-0.15, -0.1) is 0 Å². The summed E-state index contributed by atoms with van der Waals surface area (Å²) in [7, 11) is 0. The molecule has 0 saturated carbocycles. The molecule has 4 nitrogen and oxygen atoms in total. The number of ether oxygens (including phenoxy) is 1. The first-order chi connectivity index (χ1) is 11.9. The summed E-state index contributed by atoms with van der Waals surface area (Å²) in [4.78, 5) is 9.90. The van der Waals surface area contributed by atoms with Crippen molar-refractivity contribution in [1.29, 1.82) is 0 Å². The van der Waals surface area contributed by atoms with E-state index in [2.05, 4.69) is 9.98 Å². The van der Waals surface area contributed by atoms with Gasteiger partial charge < -0.3 is 9.64 Å². The summed E-state index contributed by atoms with van der Waals surface area (Å²) >= 11 is 0. The van der Waals surface area contributed by atoms with E-state index in [4.69, 9.17) is 14.3 Å². The lowest BCUT2D eigenvalue weighted by atomic mass is 10.1. The Hall–Kier alpha value is -1.16. The van der Waals surface area contributed by atoms with E-state index >= 15 is 0 Å². The van der Waals surface area contributed by atoms with Gasteiger partial charge in [-0.2, -0.15) is 0 Å². The van der Waals surface area contributed by atoms with Crippen molar-refractivity contribution in [3.63, 3.8) is 0 Å². The van der Waals surface area contributed by atoms with Gasteiger partial charge in [0.15, 0.2) is 0 Å². The van der Waals surface area contributed by atoms with Gasteiger partial charge in [0, 0.05) is 22.7 Å². The molecule has 106 valence electrons. The number of hydrogen-bond donors (Lipinski definition) is 0. The van der Waals surface area contributed by atoms with Gasteiger partial charge >= 0.3 is 0 Å². The van der Waals surface area contributed by atoms with Crippen molar-refractivity contribution >= 4 is 11.6 Å². The fourth-order valence-electron chi connectivity index (χ4n) is 2.04. The van der Waals surface area contributed by atoms with Crippen LogP contribution in [0.2, 0.25) is 0 Å². The molecule has 0 unspecified atom stereocenters. The lowest BCUT2D eigenvalue weighted by Crippen LogP contribution is -2.31. The molecule has 0 aromatic rings. The minimum Gasteiger partial charge on any atom is -0.476 e. The molecule has 2 aliphatic rings. The molecular weight excluding hydrogens is 238 g/mol. The first kappa shape index (κ1) is 7.58. The average molecular weight is 270 g/mol. The molecule has 19 heavy (non-hydrogen) atoms. The lowest BCUT2D eigenvalue weighted by Gasteiger charge is -2.23. The molecule has 0 bridgehead atoms. The standard InChI is InChI=1S/C15H25N3O/c1-3-4-5-6-10-19-15-14(16-12-17-15)13-8-7-9-18(2)11-13/h8H,3-7,9-12H2,1-2H3/i2D3,3D2,4D2. The summed E-state index contributed by atoms with van der Waals surface area (Å²) in [5.74, 6) is 0.351. The molecule has 0 atom stereocenters. The van der Waals surface area contributed by atoms with E-state index in [0.717, 1.165) is 5.57 Å². The van der Waals surface area contributed by atoms with Gasteiger partial charge in [0.2, 0.25) is 5.90 Å². The van der Waals surface area contributed by atoms with Gasteiger partial charge in [0.05, 0.1) is 6.61 Å². The maximum atomic E-state index is 7.76. The van der Waals surface area contributed by atoms with E-state index in [1.54, 1.807) is 0 Å². The summed E-state index contributed by atoms with van der Waals surface area (Å²) < 4.78 is 58.8. The van der Waals surface area contributed by atoms with Crippen LogP contribution in [-0.2, 0) is 4.74 Å².